The minimum Gasteiger partial charge on any atom is -0.464 e. The number of carbonyl (C=O) groups excluding carboxylic acids is 1. The summed E-state index contributed by atoms with van der Waals surface area (Å²) in [4.78, 5) is 11.3. The third kappa shape index (κ3) is 3.68. The standard InChI is InChI=1S/C13H18FNO2.ClH/c1-4-17-13(16)11(14)12(15)10-7-5-6-8(2)9(10)3;/h5-7,11-12H,4,15H2,1-3H3;1H/t11?,12-;/m1./s1. The second-order valence-electron chi connectivity index (χ2n) is 3.97. The molecule has 3 nitrogen and oxygen atoms in total. The van der Waals surface area contributed by atoms with Crippen LogP contribution in [0.2, 0.25) is 0 Å². The van der Waals surface area contributed by atoms with Gasteiger partial charge in [-0.05, 0) is 37.5 Å². The number of aryl methyl sites for hydroxylation is 1. The lowest BCUT2D eigenvalue weighted by Crippen LogP contribution is -2.32. The Kier molecular flexibility index (Phi) is 6.88. The minimum absolute atomic E-state index is 0. The lowest BCUT2D eigenvalue weighted by molar-refractivity contribution is -0.149. The molecule has 0 amide bonds. The quantitative estimate of drug-likeness (QED) is 0.860. The van der Waals surface area contributed by atoms with E-state index in [2.05, 4.69) is 4.74 Å². The number of esters is 1. The van der Waals surface area contributed by atoms with Crippen molar-refractivity contribution in [2.45, 2.75) is 33.0 Å². The number of alkyl halides is 1. The number of carbonyl (C=O) groups is 1. The second-order valence-corrected chi connectivity index (χ2v) is 3.97. The molecule has 1 rings (SSSR count). The van der Waals surface area contributed by atoms with Crippen LogP contribution in [-0.2, 0) is 9.53 Å². The van der Waals surface area contributed by atoms with Crippen molar-refractivity contribution >= 4 is 18.4 Å². The summed E-state index contributed by atoms with van der Waals surface area (Å²) in [6.07, 6.45) is -1.82. The van der Waals surface area contributed by atoms with E-state index in [9.17, 15) is 9.18 Å². The first-order valence-electron chi connectivity index (χ1n) is 5.61. The fourth-order valence-electron chi connectivity index (χ4n) is 1.66. The highest BCUT2D eigenvalue weighted by molar-refractivity contribution is 5.85. The van der Waals surface area contributed by atoms with E-state index in [0.29, 0.717) is 5.56 Å². The lowest BCUT2D eigenvalue weighted by Gasteiger charge is -2.18. The van der Waals surface area contributed by atoms with Crippen molar-refractivity contribution in [3.63, 3.8) is 0 Å². The van der Waals surface area contributed by atoms with Gasteiger partial charge in [0.05, 0.1) is 12.6 Å². The Bertz CT molecular complexity index is 412. The van der Waals surface area contributed by atoms with E-state index in [1.807, 2.05) is 19.9 Å². The molecule has 1 aromatic carbocycles. The molecular weight excluding hydrogens is 257 g/mol. The van der Waals surface area contributed by atoms with Gasteiger partial charge in [-0.3, -0.25) is 0 Å². The average Bonchev–Trinajstić information content (AvgIpc) is 2.31. The monoisotopic (exact) mass is 275 g/mol. The Morgan fingerprint density at radius 2 is 2.06 bits per heavy atom. The summed E-state index contributed by atoms with van der Waals surface area (Å²) in [7, 11) is 0. The fourth-order valence-corrected chi connectivity index (χ4v) is 1.66. The maximum atomic E-state index is 13.8. The topological polar surface area (TPSA) is 52.3 Å². The van der Waals surface area contributed by atoms with Crippen LogP contribution in [0.3, 0.4) is 0 Å². The highest BCUT2D eigenvalue weighted by atomic mass is 35.5. The van der Waals surface area contributed by atoms with E-state index >= 15 is 0 Å². The first-order valence-corrected chi connectivity index (χ1v) is 5.61. The molecule has 2 atom stereocenters. The maximum Gasteiger partial charge on any atom is 0.342 e. The van der Waals surface area contributed by atoms with Crippen LogP contribution in [0.1, 0.15) is 29.7 Å². The smallest absolute Gasteiger partial charge is 0.342 e. The van der Waals surface area contributed by atoms with Gasteiger partial charge < -0.3 is 10.5 Å². The predicted molar refractivity (Wildman–Crippen MR) is 71.6 cm³/mol. The van der Waals surface area contributed by atoms with Crippen molar-refractivity contribution in [3.8, 4) is 0 Å². The maximum absolute atomic E-state index is 13.8. The molecule has 18 heavy (non-hydrogen) atoms. The van der Waals surface area contributed by atoms with Crippen LogP contribution in [-0.4, -0.2) is 18.7 Å². The molecule has 0 aromatic heterocycles. The van der Waals surface area contributed by atoms with Crippen LogP contribution < -0.4 is 5.73 Å². The Labute approximate surface area is 113 Å². The van der Waals surface area contributed by atoms with E-state index in [1.165, 1.54) is 0 Å². The Hall–Kier alpha value is -1.13. The first kappa shape index (κ1) is 16.9. The number of benzene rings is 1. The average molecular weight is 276 g/mol. The van der Waals surface area contributed by atoms with Crippen LogP contribution in [0, 0.1) is 13.8 Å². The normalized spacial score (nSPS) is 13.4. The van der Waals surface area contributed by atoms with Crippen molar-refractivity contribution < 1.29 is 13.9 Å². The highest BCUT2D eigenvalue weighted by Gasteiger charge is 2.28. The van der Waals surface area contributed by atoms with Crippen molar-refractivity contribution in [1.82, 2.24) is 0 Å². The van der Waals surface area contributed by atoms with Gasteiger partial charge in [-0.15, -0.1) is 12.4 Å². The van der Waals surface area contributed by atoms with Gasteiger partial charge in [0.25, 0.3) is 0 Å². The van der Waals surface area contributed by atoms with Crippen molar-refractivity contribution in [3.05, 3.63) is 34.9 Å². The SMILES string of the molecule is CCOC(=O)C(F)[C@H](N)c1cccc(C)c1C.Cl. The van der Waals surface area contributed by atoms with E-state index < -0.39 is 18.2 Å². The number of nitrogens with two attached hydrogens (primary N) is 1. The molecule has 0 spiro atoms. The number of hydrogen-bond acceptors (Lipinski definition) is 3. The molecule has 0 aliphatic heterocycles. The number of ether oxygens (including phenoxy) is 1. The molecular formula is C13H19ClFNO2. The number of halogens is 2. The molecule has 0 saturated carbocycles. The molecule has 0 radical (unpaired) electrons. The van der Waals surface area contributed by atoms with E-state index in [-0.39, 0.29) is 19.0 Å². The van der Waals surface area contributed by atoms with Gasteiger partial charge in [0.2, 0.25) is 6.17 Å². The molecule has 0 aliphatic rings. The van der Waals surface area contributed by atoms with Crippen molar-refractivity contribution in [2.24, 2.45) is 5.73 Å². The van der Waals surface area contributed by atoms with Gasteiger partial charge in [-0.1, -0.05) is 18.2 Å². The van der Waals surface area contributed by atoms with Gasteiger partial charge in [0.15, 0.2) is 0 Å². The van der Waals surface area contributed by atoms with Crippen LogP contribution in [0.5, 0.6) is 0 Å². The summed E-state index contributed by atoms with van der Waals surface area (Å²) < 4.78 is 18.4. The van der Waals surface area contributed by atoms with E-state index in [0.717, 1.165) is 11.1 Å². The zero-order valence-corrected chi connectivity index (χ0v) is 11.6. The molecule has 0 saturated heterocycles. The van der Waals surface area contributed by atoms with Gasteiger partial charge in [0.1, 0.15) is 0 Å². The Balaban J connectivity index is 0.00000289. The minimum atomic E-state index is -1.82. The number of rotatable bonds is 4. The van der Waals surface area contributed by atoms with Crippen LogP contribution in [0.15, 0.2) is 18.2 Å². The van der Waals surface area contributed by atoms with Crippen molar-refractivity contribution in [2.75, 3.05) is 6.61 Å². The van der Waals surface area contributed by atoms with Gasteiger partial charge >= 0.3 is 5.97 Å². The Morgan fingerprint density at radius 3 is 2.61 bits per heavy atom. The molecule has 0 bridgehead atoms. The molecule has 1 aromatic rings. The fraction of sp³-hybridized carbons (Fsp3) is 0.462. The number of hydrogen-bond donors (Lipinski definition) is 1. The molecule has 1 unspecified atom stereocenters. The molecule has 2 N–H and O–H groups in total. The predicted octanol–water partition coefficient (Wildman–Crippen LogP) is 2.63. The first-order chi connectivity index (χ1) is 7.99. The summed E-state index contributed by atoms with van der Waals surface area (Å²) in [6.45, 7) is 5.57. The van der Waals surface area contributed by atoms with Gasteiger partial charge in [-0.25, -0.2) is 9.18 Å². The second kappa shape index (κ2) is 7.34. The van der Waals surface area contributed by atoms with Gasteiger partial charge in [0, 0.05) is 0 Å². The Morgan fingerprint density at radius 1 is 1.44 bits per heavy atom. The van der Waals surface area contributed by atoms with E-state index in [4.69, 9.17) is 5.73 Å². The van der Waals surface area contributed by atoms with E-state index in [1.54, 1.807) is 19.1 Å². The molecule has 102 valence electrons. The molecule has 0 fully saturated rings. The summed E-state index contributed by atoms with van der Waals surface area (Å²) in [5.41, 5.74) is 8.34. The summed E-state index contributed by atoms with van der Waals surface area (Å²) >= 11 is 0. The van der Waals surface area contributed by atoms with Crippen LogP contribution in [0.4, 0.5) is 4.39 Å². The largest absolute Gasteiger partial charge is 0.464 e. The summed E-state index contributed by atoms with van der Waals surface area (Å²) in [5.74, 6) is -0.902. The van der Waals surface area contributed by atoms with Gasteiger partial charge in [-0.2, -0.15) is 0 Å². The lowest BCUT2D eigenvalue weighted by atomic mass is 9.95. The molecule has 0 heterocycles. The molecule has 5 heteroatoms. The summed E-state index contributed by atoms with van der Waals surface area (Å²) in [6, 6.07) is 4.48. The zero-order valence-electron chi connectivity index (χ0n) is 10.8. The summed E-state index contributed by atoms with van der Waals surface area (Å²) in [5, 5.41) is 0. The highest BCUT2D eigenvalue weighted by Crippen LogP contribution is 2.23. The zero-order chi connectivity index (χ0) is 13.0. The molecule has 0 aliphatic carbocycles. The van der Waals surface area contributed by atoms with Crippen molar-refractivity contribution in [1.29, 1.82) is 0 Å². The van der Waals surface area contributed by atoms with Crippen LogP contribution in [0.25, 0.3) is 0 Å². The van der Waals surface area contributed by atoms with Crippen LogP contribution >= 0.6 is 12.4 Å². The third-order valence-corrected chi connectivity index (χ3v) is 2.83. The third-order valence-electron chi connectivity index (χ3n) is 2.83.